The van der Waals surface area contributed by atoms with Gasteiger partial charge in [0.2, 0.25) is 0 Å². The highest BCUT2D eigenvalue weighted by Gasteiger charge is 2.39. The number of nitrogens with one attached hydrogen (secondary N) is 1. The summed E-state index contributed by atoms with van der Waals surface area (Å²) in [6.07, 6.45) is -0.784. The molecule has 140 valence electrons. The standard InChI is InChI=1S/C15H24BrFN4O3Si/c1-15(2,3)25(5,6)24-9(7-17)8-21-11-10(12(22)19-14(21)23)20(4)13(16)18-11/h9H,7-8H2,1-6H3,(H,19,22,23). The first-order valence-corrected chi connectivity index (χ1v) is 11.7. The van der Waals surface area contributed by atoms with Crippen LogP contribution >= 0.6 is 15.9 Å². The SMILES string of the molecule is Cn1c(Br)nc2c1c(=O)[nH]c(=O)n2CC(CF)O[Si](C)(C)C(C)(C)C. The Bertz CT molecular complexity index is 897. The normalized spacial score (nSPS) is 14.2. The molecule has 0 amide bonds. The first-order valence-electron chi connectivity index (χ1n) is 7.98. The van der Waals surface area contributed by atoms with Gasteiger partial charge < -0.3 is 8.99 Å². The van der Waals surface area contributed by atoms with Crippen LogP contribution in [0.1, 0.15) is 20.8 Å². The van der Waals surface area contributed by atoms with Gasteiger partial charge in [0.05, 0.1) is 12.6 Å². The molecule has 1 atom stereocenters. The molecule has 2 aromatic heterocycles. The number of alkyl halides is 1. The smallest absolute Gasteiger partial charge is 0.330 e. The fourth-order valence-electron chi connectivity index (χ4n) is 2.30. The van der Waals surface area contributed by atoms with Crippen LogP contribution in [0.2, 0.25) is 18.1 Å². The maximum atomic E-state index is 13.6. The summed E-state index contributed by atoms with van der Waals surface area (Å²) in [5.74, 6) is 0. The number of aromatic nitrogens is 4. The van der Waals surface area contributed by atoms with Crippen LogP contribution in [0.5, 0.6) is 0 Å². The van der Waals surface area contributed by atoms with E-state index in [0.717, 1.165) is 0 Å². The van der Waals surface area contributed by atoms with Gasteiger partial charge >= 0.3 is 5.69 Å². The van der Waals surface area contributed by atoms with Gasteiger partial charge in [0.15, 0.2) is 24.2 Å². The van der Waals surface area contributed by atoms with E-state index in [1.807, 2.05) is 13.1 Å². The number of hydrogen-bond acceptors (Lipinski definition) is 4. The van der Waals surface area contributed by atoms with Crippen molar-refractivity contribution in [3.8, 4) is 0 Å². The number of imidazole rings is 1. The van der Waals surface area contributed by atoms with E-state index < -0.39 is 32.3 Å². The highest BCUT2D eigenvalue weighted by Crippen LogP contribution is 2.37. The average molecular weight is 435 g/mol. The maximum Gasteiger partial charge on any atom is 0.330 e. The number of fused-ring (bicyclic) bond motifs is 1. The zero-order valence-electron chi connectivity index (χ0n) is 15.3. The van der Waals surface area contributed by atoms with Crippen molar-refractivity contribution in [2.45, 2.75) is 51.6 Å². The fourth-order valence-corrected chi connectivity index (χ4v) is 3.97. The van der Waals surface area contributed by atoms with Gasteiger partial charge in [0, 0.05) is 7.05 Å². The van der Waals surface area contributed by atoms with E-state index in [2.05, 4.69) is 46.7 Å². The second kappa shape index (κ2) is 6.80. The first-order chi connectivity index (χ1) is 11.4. The van der Waals surface area contributed by atoms with Crippen molar-refractivity contribution >= 4 is 35.4 Å². The Morgan fingerprint density at radius 1 is 1.36 bits per heavy atom. The van der Waals surface area contributed by atoms with Gasteiger partial charge in [0.1, 0.15) is 6.67 Å². The lowest BCUT2D eigenvalue weighted by molar-refractivity contribution is 0.129. The Labute approximate surface area is 154 Å². The van der Waals surface area contributed by atoms with Crippen molar-refractivity contribution in [3.63, 3.8) is 0 Å². The Morgan fingerprint density at radius 3 is 2.48 bits per heavy atom. The summed E-state index contributed by atoms with van der Waals surface area (Å²) in [6.45, 7) is 9.50. The monoisotopic (exact) mass is 434 g/mol. The third-order valence-electron chi connectivity index (χ3n) is 4.78. The zero-order valence-corrected chi connectivity index (χ0v) is 17.9. The Hall–Kier alpha value is -1.26. The summed E-state index contributed by atoms with van der Waals surface area (Å²) in [5, 5.41) is -0.0836. The predicted octanol–water partition coefficient (Wildman–Crippen LogP) is 2.55. The number of hydrogen-bond donors (Lipinski definition) is 1. The van der Waals surface area contributed by atoms with Crippen molar-refractivity contribution in [1.29, 1.82) is 0 Å². The number of rotatable bonds is 5. The molecule has 0 aliphatic rings. The third kappa shape index (κ3) is 3.80. The lowest BCUT2D eigenvalue weighted by atomic mass is 10.2. The molecule has 25 heavy (non-hydrogen) atoms. The molecule has 1 N–H and O–H groups in total. The molecule has 2 aromatic rings. The minimum atomic E-state index is -2.21. The number of H-pyrrole nitrogens is 1. The summed E-state index contributed by atoms with van der Waals surface area (Å²) in [6, 6.07) is 0. The fraction of sp³-hybridized carbons (Fsp3) is 0.667. The molecule has 0 spiro atoms. The largest absolute Gasteiger partial charge is 0.409 e. The second-order valence-electron chi connectivity index (χ2n) is 7.64. The zero-order chi connectivity index (χ0) is 19.2. The molecule has 0 saturated heterocycles. The maximum absolute atomic E-state index is 13.6. The van der Waals surface area contributed by atoms with Gasteiger partial charge in [-0.05, 0) is 34.1 Å². The molecule has 0 aromatic carbocycles. The summed E-state index contributed by atoms with van der Waals surface area (Å²) in [7, 11) is -0.551. The second-order valence-corrected chi connectivity index (χ2v) is 13.1. The van der Waals surface area contributed by atoms with E-state index in [1.165, 1.54) is 9.13 Å². The number of aryl methyl sites for hydroxylation is 1. The molecule has 0 radical (unpaired) electrons. The molecular formula is C15H24BrFN4O3Si. The van der Waals surface area contributed by atoms with Crippen LogP contribution in [0.3, 0.4) is 0 Å². The van der Waals surface area contributed by atoms with E-state index in [9.17, 15) is 14.0 Å². The van der Waals surface area contributed by atoms with Crippen LogP contribution in [-0.2, 0) is 18.0 Å². The highest BCUT2D eigenvalue weighted by atomic mass is 79.9. The third-order valence-corrected chi connectivity index (χ3v) is 10.0. The van der Waals surface area contributed by atoms with E-state index in [1.54, 1.807) is 7.05 Å². The lowest BCUT2D eigenvalue weighted by Gasteiger charge is -2.38. The molecule has 0 bridgehead atoms. The molecule has 10 heteroatoms. The van der Waals surface area contributed by atoms with Gasteiger partial charge in [-0.1, -0.05) is 20.8 Å². The quantitative estimate of drug-likeness (QED) is 0.578. The lowest BCUT2D eigenvalue weighted by Crippen LogP contribution is -2.46. The van der Waals surface area contributed by atoms with Crippen LogP contribution in [0.25, 0.3) is 11.2 Å². The Balaban J connectivity index is 2.47. The topological polar surface area (TPSA) is 81.9 Å². The van der Waals surface area contributed by atoms with Crippen LogP contribution in [-0.4, -0.2) is 40.2 Å². The molecule has 0 fully saturated rings. The Kier molecular flexibility index (Phi) is 5.46. The molecule has 7 nitrogen and oxygen atoms in total. The van der Waals surface area contributed by atoms with Crippen molar-refractivity contribution in [2.75, 3.05) is 6.67 Å². The molecule has 0 aliphatic carbocycles. The van der Waals surface area contributed by atoms with Gasteiger partial charge in [-0.25, -0.2) is 14.2 Å². The average Bonchev–Trinajstić information content (AvgIpc) is 2.76. The van der Waals surface area contributed by atoms with Crippen LogP contribution in [0, 0.1) is 0 Å². The molecule has 1 unspecified atom stereocenters. The van der Waals surface area contributed by atoms with Gasteiger partial charge in [-0.3, -0.25) is 14.3 Å². The van der Waals surface area contributed by atoms with E-state index in [-0.39, 0.29) is 22.7 Å². The van der Waals surface area contributed by atoms with Crippen molar-refractivity contribution in [3.05, 3.63) is 25.6 Å². The molecule has 2 heterocycles. The van der Waals surface area contributed by atoms with E-state index in [0.29, 0.717) is 4.73 Å². The molecular weight excluding hydrogens is 411 g/mol. The summed E-state index contributed by atoms with van der Waals surface area (Å²) < 4.78 is 22.9. The number of halogens is 2. The Morgan fingerprint density at radius 2 is 1.96 bits per heavy atom. The van der Waals surface area contributed by atoms with Crippen molar-refractivity contribution in [1.82, 2.24) is 19.1 Å². The number of nitrogens with zero attached hydrogens (tertiary/aromatic N) is 3. The number of aromatic amines is 1. The van der Waals surface area contributed by atoms with Crippen LogP contribution < -0.4 is 11.2 Å². The van der Waals surface area contributed by atoms with Crippen molar-refractivity contribution in [2.24, 2.45) is 7.05 Å². The summed E-state index contributed by atoms with van der Waals surface area (Å²) in [4.78, 5) is 30.8. The first kappa shape index (κ1) is 20.1. The van der Waals surface area contributed by atoms with Crippen LogP contribution in [0.4, 0.5) is 4.39 Å². The summed E-state index contributed by atoms with van der Waals surface area (Å²) >= 11 is 3.24. The van der Waals surface area contributed by atoms with Gasteiger partial charge in [-0.2, -0.15) is 0 Å². The molecule has 0 saturated carbocycles. The van der Waals surface area contributed by atoms with E-state index >= 15 is 0 Å². The van der Waals surface area contributed by atoms with E-state index in [4.69, 9.17) is 4.43 Å². The van der Waals surface area contributed by atoms with Crippen molar-refractivity contribution < 1.29 is 8.82 Å². The van der Waals surface area contributed by atoms with Crippen LogP contribution in [0.15, 0.2) is 14.3 Å². The minimum absolute atomic E-state index is 0.0153. The molecule has 0 aliphatic heterocycles. The molecule has 2 rings (SSSR count). The van der Waals surface area contributed by atoms with Gasteiger partial charge in [0.25, 0.3) is 5.56 Å². The summed E-state index contributed by atoms with van der Waals surface area (Å²) in [5.41, 5.74) is -0.698. The minimum Gasteiger partial charge on any atom is -0.409 e. The predicted molar refractivity (Wildman–Crippen MR) is 101 cm³/mol. The highest BCUT2D eigenvalue weighted by molar-refractivity contribution is 9.10. The van der Waals surface area contributed by atoms with Gasteiger partial charge in [-0.15, -0.1) is 0 Å².